The number of hydrogen-bond donors (Lipinski definition) is 1. The van der Waals surface area contributed by atoms with Crippen LogP contribution in [-0.4, -0.2) is 17.0 Å². The van der Waals surface area contributed by atoms with Gasteiger partial charge in [0.1, 0.15) is 16.7 Å². The van der Waals surface area contributed by atoms with Gasteiger partial charge in [-0.2, -0.15) is 0 Å². The molecule has 3 nitrogen and oxygen atoms in total. The Morgan fingerprint density at radius 2 is 1.90 bits per heavy atom. The van der Waals surface area contributed by atoms with Gasteiger partial charge in [0.05, 0.1) is 0 Å². The largest absolute Gasteiger partial charge is 0.373 e. The Hall–Kier alpha value is -1.26. The maximum absolute atomic E-state index is 6.05. The van der Waals surface area contributed by atoms with Crippen LogP contribution in [-0.2, 0) is 5.41 Å². The fourth-order valence-corrected chi connectivity index (χ4v) is 3.01. The zero-order chi connectivity index (χ0) is 15.6. The summed E-state index contributed by atoms with van der Waals surface area (Å²) in [5.74, 6) is 1.71. The Balaban J connectivity index is 2.47. The molecule has 0 aliphatic rings. The van der Waals surface area contributed by atoms with Crippen molar-refractivity contribution < 1.29 is 0 Å². The smallest absolute Gasteiger partial charge is 0.137 e. The normalized spacial score (nSPS) is 11.5. The fraction of sp³-hybridized carbons (Fsp3) is 0.375. The predicted molar refractivity (Wildman–Crippen MR) is 90.6 cm³/mol. The first kappa shape index (κ1) is 16.1. The molecule has 0 aliphatic carbocycles. The van der Waals surface area contributed by atoms with E-state index in [1.807, 2.05) is 38.2 Å². The molecule has 2 aromatic rings. The molecular formula is C16H20ClN3S. The monoisotopic (exact) mass is 321 g/mol. The van der Waals surface area contributed by atoms with E-state index >= 15 is 0 Å². The summed E-state index contributed by atoms with van der Waals surface area (Å²) in [7, 11) is 1.88. The van der Waals surface area contributed by atoms with Crippen molar-refractivity contribution in [3.8, 4) is 0 Å². The van der Waals surface area contributed by atoms with Gasteiger partial charge in [0, 0.05) is 27.9 Å². The highest BCUT2D eigenvalue weighted by Gasteiger charge is 2.21. The quantitative estimate of drug-likeness (QED) is 0.813. The van der Waals surface area contributed by atoms with E-state index in [-0.39, 0.29) is 5.41 Å². The van der Waals surface area contributed by atoms with Crippen LogP contribution in [0.1, 0.15) is 32.2 Å². The molecule has 21 heavy (non-hydrogen) atoms. The summed E-state index contributed by atoms with van der Waals surface area (Å²) in [4.78, 5) is 10.4. The highest BCUT2D eigenvalue weighted by atomic mass is 35.5. The first-order valence-electron chi connectivity index (χ1n) is 6.81. The molecule has 1 N–H and O–H groups in total. The third kappa shape index (κ3) is 3.89. The molecule has 0 fully saturated rings. The van der Waals surface area contributed by atoms with E-state index in [2.05, 4.69) is 31.1 Å². The third-order valence-electron chi connectivity index (χ3n) is 3.02. The van der Waals surface area contributed by atoms with E-state index in [9.17, 15) is 0 Å². The standard InChI is InChI=1S/C16H20ClN3S/c1-10-13(18-5)19-15(16(2,3)4)20-14(10)21-12-8-6-7-11(17)9-12/h6-9H,1-5H3,(H,18,19,20). The van der Waals surface area contributed by atoms with Crippen molar-refractivity contribution in [1.29, 1.82) is 0 Å². The summed E-state index contributed by atoms with van der Waals surface area (Å²) < 4.78 is 0. The van der Waals surface area contributed by atoms with Gasteiger partial charge >= 0.3 is 0 Å². The maximum atomic E-state index is 6.05. The molecule has 0 aliphatic heterocycles. The summed E-state index contributed by atoms with van der Waals surface area (Å²) in [6.07, 6.45) is 0. The van der Waals surface area contributed by atoms with Crippen molar-refractivity contribution in [3.05, 3.63) is 40.7 Å². The minimum absolute atomic E-state index is 0.0943. The van der Waals surface area contributed by atoms with Crippen molar-refractivity contribution in [2.75, 3.05) is 12.4 Å². The molecule has 2 rings (SSSR count). The lowest BCUT2D eigenvalue weighted by Gasteiger charge is -2.20. The Kier molecular flexibility index (Phi) is 4.79. The van der Waals surface area contributed by atoms with Gasteiger partial charge in [-0.1, -0.05) is 50.2 Å². The van der Waals surface area contributed by atoms with E-state index in [1.54, 1.807) is 11.8 Å². The number of nitrogens with one attached hydrogen (secondary N) is 1. The van der Waals surface area contributed by atoms with E-state index in [1.165, 1.54) is 0 Å². The van der Waals surface area contributed by atoms with Gasteiger partial charge in [0.2, 0.25) is 0 Å². The molecule has 0 saturated heterocycles. The highest BCUT2D eigenvalue weighted by Crippen LogP contribution is 2.34. The average molecular weight is 322 g/mol. The Morgan fingerprint density at radius 1 is 1.19 bits per heavy atom. The third-order valence-corrected chi connectivity index (χ3v) is 4.33. The number of nitrogens with zero attached hydrogens (tertiary/aromatic N) is 2. The Labute approximate surface area is 135 Å². The van der Waals surface area contributed by atoms with Crippen LogP contribution in [0.2, 0.25) is 5.02 Å². The Morgan fingerprint density at radius 3 is 2.48 bits per heavy atom. The lowest BCUT2D eigenvalue weighted by molar-refractivity contribution is 0.538. The summed E-state index contributed by atoms with van der Waals surface area (Å²) >= 11 is 7.67. The molecule has 0 atom stereocenters. The van der Waals surface area contributed by atoms with Crippen molar-refractivity contribution >= 4 is 29.2 Å². The Bertz CT molecular complexity index is 650. The topological polar surface area (TPSA) is 37.8 Å². The van der Waals surface area contributed by atoms with Gasteiger partial charge in [-0.25, -0.2) is 9.97 Å². The van der Waals surface area contributed by atoms with Crippen molar-refractivity contribution in [2.45, 2.75) is 43.0 Å². The van der Waals surface area contributed by atoms with E-state index in [0.29, 0.717) is 0 Å². The molecule has 112 valence electrons. The number of halogens is 1. The van der Waals surface area contributed by atoms with Gasteiger partial charge in [-0.3, -0.25) is 0 Å². The second kappa shape index (κ2) is 6.24. The molecule has 1 heterocycles. The van der Waals surface area contributed by atoms with E-state index in [4.69, 9.17) is 16.6 Å². The first-order valence-corrected chi connectivity index (χ1v) is 8.01. The first-order chi connectivity index (χ1) is 9.81. The van der Waals surface area contributed by atoms with Crippen LogP contribution >= 0.6 is 23.4 Å². The minimum Gasteiger partial charge on any atom is -0.373 e. The lowest BCUT2D eigenvalue weighted by atomic mass is 9.95. The van der Waals surface area contributed by atoms with Crippen LogP contribution in [0.3, 0.4) is 0 Å². The lowest BCUT2D eigenvalue weighted by Crippen LogP contribution is -2.18. The van der Waals surface area contributed by atoms with Gasteiger partial charge < -0.3 is 5.32 Å². The number of benzene rings is 1. The molecule has 1 aromatic heterocycles. The SMILES string of the molecule is CNc1nc(C(C)(C)C)nc(Sc2cccc(Cl)c2)c1C. The molecular weight excluding hydrogens is 302 g/mol. The molecule has 1 aromatic carbocycles. The van der Waals surface area contributed by atoms with Crippen LogP contribution < -0.4 is 5.32 Å². The summed E-state index contributed by atoms with van der Waals surface area (Å²) in [5.41, 5.74) is 0.957. The van der Waals surface area contributed by atoms with E-state index < -0.39 is 0 Å². The molecule has 0 radical (unpaired) electrons. The molecule has 0 amide bonds. The second-order valence-electron chi connectivity index (χ2n) is 5.89. The zero-order valence-corrected chi connectivity index (χ0v) is 14.6. The number of aromatic nitrogens is 2. The predicted octanol–water partition coefficient (Wildman–Crippen LogP) is 4.93. The molecule has 0 spiro atoms. The molecule has 5 heteroatoms. The number of anilines is 1. The van der Waals surface area contributed by atoms with Gasteiger partial charge in [-0.05, 0) is 25.1 Å². The highest BCUT2D eigenvalue weighted by molar-refractivity contribution is 7.99. The number of rotatable bonds is 3. The second-order valence-corrected chi connectivity index (χ2v) is 7.38. The zero-order valence-electron chi connectivity index (χ0n) is 13.0. The van der Waals surface area contributed by atoms with Crippen LogP contribution in [0.25, 0.3) is 0 Å². The number of hydrogen-bond acceptors (Lipinski definition) is 4. The van der Waals surface area contributed by atoms with Gasteiger partial charge in [0.15, 0.2) is 0 Å². The van der Waals surface area contributed by atoms with Crippen LogP contribution in [0.15, 0.2) is 34.2 Å². The van der Waals surface area contributed by atoms with Crippen LogP contribution in [0.4, 0.5) is 5.82 Å². The average Bonchev–Trinajstić information content (AvgIpc) is 2.40. The molecule has 0 bridgehead atoms. The van der Waals surface area contributed by atoms with Crippen LogP contribution in [0, 0.1) is 6.92 Å². The minimum atomic E-state index is -0.0943. The fourth-order valence-electron chi connectivity index (χ4n) is 1.82. The van der Waals surface area contributed by atoms with Crippen LogP contribution in [0.5, 0.6) is 0 Å². The summed E-state index contributed by atoms with van der Waals surface area (Å²) in [6, 6.07) is 7.81. The molecule has 0 saturated carbocycles. The van der Waals surface area contributed by atoms with Crippen molar-refractivity contribution in [2.24, 2.45) is 0 Å². The van der Waals surface area contributed by atoms with E-state index in [0.717, 1.165) is 32.1 Å². The van der Waals surface area contributed by atoms with Crippen molar-refractivity contribution in [3.63, 3.8) is 0 Å². The van der Waals surface area contributed by atoms with Gasteiger partial charge in [0.25, 0.3) is 0 Å². The molecule has 0 unspecified atom stereocenters. The maximum Gasteiger partial charge on any atom is 0.137 e. The summed E-state index contributed by atoms with van der Waals surface area (Å²) in [5, 5.41) is 4.85. The van der Waals surface area contributed by atoms with Gasteiger partial charge in [-0.15, -0.1) is 0 Å². The van der Waals surface area contributed by atoms with Crippen molar-refractivity contribution in [1.82, 2.24) is 9.97 Å². The summed E-state index contributed by atoms with van der Waals surface area (Å²) in [6.45, 7) is 8.38.